The maximum Gasteiger partial charge on any atom is 0.104 e. The maximum atomic E-state index is 9.14. The standard InChI is InChI=1S/C15H12N4/c16-7-11-13(17)10-6-2-4-8-3-1-5-9(8)14(18)12(10)15(11)19/h1-6H,17-19H2. The molecule has 3 aliphatic rings. The number of hydrogen-bond acceptors (Lipinski definition) is 4. The van der Waals surface area contributed by atoms with Gasteiger partial charge in [-0.05, 0) is 5.56 Å². The Morgan fingerprint density at radius 1 is 0.789 bits per heavy atom. The Kier molecular flexibility index (Phi) is 2.23. The number of nitrogens with two attached hydrogens (primary N) is 3. The number of nitrogens with zero attached hydrogens (tertiary/aromatic N) is 1. The summed E-state index contributed by atoms with van der Waals surface area (Å²) in [5.74, 6) is 0. The molecule has 0 aromatic heterocycles. The Morgan fingerprint density at radius 3 is 2.05 bits per heavy atom. The molecule has 0 unspecified atom stereocenters. The molecule has 4 nitrogen and oxygen atoms in total. The molecule has 19 heavy (non-hydrogen) atoms. The molecule has 0 heterocycles. The smallest absolute Gasteiger partial charge is 0.104 e. The molecule has 0 spiro atoms. The minimum Gasteiger partial charge on any atom is -0.398 e. The molecule has 0 radical (unpaired) electrons. The lowest BCUT2D eigenvalue weighted by Crippen LogP contribution is -1.94. The summed E-state index contributed by atoms with van der Waals surface area (Å²) in [5, 5.41) is 9.14. The Labute approximate surface area is 110 Å². The third-order valence-corrected chi connectivity index (χ3v) is 3.43. The van der Waals surface area contributed by atoms with Crippen molar-refractivity contribution in [3.8, 4) is 28.3 Å². The molecule has 0 aliphatic heterocycles. The van der Waals surface area contributed by atoms with Crippen molar-refractivity contribution < 1.29 is 0 Å². The van der Waals surface area contributed by atoms with E-state index in [9.17, 15) is 0 Å². The second kappa shape index (κ2) is 3.79. The fourth-order valence-electron chi connectivity index (χ4n) is 2.48. The largest absolute Gasteiger partial charge is 0.398 e. The molecule has 0 saturated carbocycles. The molecule has 0 fully saturated rings. The highest BCUT2D eigenvalue weighted by molar-refractivity contribution is 6.04. The summed E-state index contributed by atoms with van der Waals surface area (Å²) >= 11 is 0. The highest BCUT2D eigenvalue weighted by atomic mass is 14.7. The second-order valence-corrected chi connectivity index (χ2v) is 4.44. The normalized spacial score (nSPS) is 10.7. The van der Waals surface area contributed by atoms with Gasteiger partial charge in [-0.1, -0.05) is 36.4 Å². The molecule has 3 aliphatic carbocycles. The van der Waals surface area contributed by atoms with Crippen molar-refractivity contribution in [1.82, 2.24) is 0 Å². The molecular formula is C15H12N4. The molecular weight excluding hydrogens is 236 g/mol. The Morgan fingerprint density at radius 2 is 1.42 bits per heavy atom. The molecule has 4 heteroatoms. The van der Waals surface area contributed by atoms with Crippen molar-refractivity contribution in [3.05, 3.63) is 42.0 Å². The monoisotopic (exact) mass is 248 g/mol. The van der Waals surface area contributed by atoms with Crippen LogP contribution in [0.15, 0.2) is 36.4 Å². The Hall–Kier alpha value is -2.93. The van der Waals surface area contributed by atoms with E-state index in [1.54, 1.807) is 0 Å². The Balaban J connectivity index is 2.52. The van der Waals surface area contributed by atoms with Crippen LogP contribution >= 0.6 is 0 Å². The highest BCUT2D eigenvalue weighted by Gasteiger charge is 2.22. The molecule has 92 valence electrons. The lowest BCUT2D eigenvalue weighted by atomic mass is 10.0. The zero-order chi connectivity index (χ0) is 13.6. The summed E-state index contributed by atoms with van der Waals surface area (Å²) in [4.78, 5) is 0. The number of nitriles is 1. The highest BCUT2D eigenvalue weighted by Crippen LogP contribution is 2.46. The number of rotatable bonds is 0. The topological polar surface area (TPSA) is 102 Å². The van der Waals surface area contributed by atoms with Gasteiger partial charge in [0.1, 0.15) is 6.07 Å². The van der Waals surface area contributed by atoms with E-state index in [2.05, 4.69) is 0 Å². The first-order valence-electron chi connectivity index (χ1n) is 5.83. The fourth-order valence-corrected chi connectivity index (χ4v) is 2.48. The average molecular weight is 248 g/mol. The molecule has 0 aromatic carbocycles. The van der Waals surface area contributed by atoms with Gasteiger partial charge in [0.05, 0.1) is 16.9 Å². The number of anilines is 3. The summed E-state index contributed by atoms with van der Waals surface area (Å²) in [6.07, 6.45) is 0. The molecule has 0 saturated heterocycles. The lowest BCUT2D eigenvalue weighted by molar-refractivity contribution is 1.51. The van der Waals surface area contributed by atoms with E-state index < -0.39 is 0 Å². The molecule has 0 atom stereocenters. The van der Waals surface area contributed by atoms with Crippen molar-refractivity contribution in [2.24, 2.45) is 0 Å². The van der Waals surface area contributed by atoms with E-state index in [1.165, 1.54) is 0 Å². The van der Waals surface area contributed by atoms with Crippen LogP contribution in [0.3, 0.4) is 0 Å². The van der Waals surface area contributed by atoms with Crippen molar-refractivity contribution >= 4 is 17.1 Å². The van der Waals surface area contributed by atoms with Gasteiger partial charge in [0.2, 0.25) is 0 Å². The summed E-state index contributed by atoms with van der Waals surface area (Å²) in [6, 6.07) is 13.6. The summed E-state index contributed by atoms with van der Waals surface area (Å²) in [5.41, 5.74) is 23.1. The maximum absolute atomic E-state index is 9.14. The van der Waals surface area contributed by atoms with Crippen LogP contribution in [-0.2, 0) is 0 Å². The van der Waals surface area contributed by atoms with E-state index in [0.29, 0.717) is 28.2 Å². The van der Waals surface area contributed by atoms with Crippen LogP contribution in [0, 0.1) is 11.3 Å². The van der Waals surface area contributed by atoms with Gasteiger partial charge >= 0.3 is 0 Å². The number of fused-ring (bicyclic) bond motifs is 2. The van der Waals surface area contributed by atoms with Gasteiger partial charge < -0.3 is 17.2 Å². The van der Waals surface area contributed by atoms with Crippen LogP contribution < -0.4 is 17.2 Å². The van der Waals surface area contributed by atoms with Gasteiger partial charge in [-0.3, -0.25) is 0 Å². The van der Waals surface area contributed by atoms with Crippen LogP contribution in [0.2, 0.25) is 0 Å². The third kappa shape index (κ3) is 1.39. The average Bonchev–Trinajstić information content (AvgIpc) is 2.91. The van der Waals surface area contributed by atoms with Crippen molar-refractivity contribution in [2.45, 2.75) is 0 Å². The SMILES string of the molecule is N#Cc1c(N)c2cccc3cccc-3c(N)c-2c1N. The molecule has 3 rings (SSSR count). The van der Waals surface area contributed by atoms with Gasteiger partial charge in [0.15, 0.2) is 0 Å². The Bertz CT molecular complexity index is 770. The van der Waals surface area contributed by atoms with Gasteiger partial charge in [0, 0.05) is 22.4 Å². The summed E-state index contributed by atoms with van der Waals surface area (Å²) in [7, 11) is 0. The second-order valence-electron chi connectivity index (χ2n) is 4.44. The molecule has 0 aromatic rings. The van der Waals surface area contributed by atoms with Gasteiger partial charge in [-0.2, -0.15) is 5.26 Å². The summed E-state index contributed by atoms with van der Waals surface area (Å²) in [6.45, 7) is 0. The van der Waals surface area contributed by atoms with Crippen molar-refractivity contribution in [1.29, 1.82) is 5.26 Å². The van der Waals surface area contributed by atoms with Gasteiger partial charge in [0.25, 0.3) is 0 Å². The predicted molar refractivity (Wildman–Crippen MR) is 77.6 cm³/mol. The number of hydrogen-bond donors (Lipinski definition) is 3. The minimum absolute atomic E-state index is 0.299. The molecule has 0 amide bonds. The first kappa shape index (κ1) is 11.2. The zero-order valence-electron chi connectivity index (χ0n) is 10.1. The molecule has 0 bridgehead atoms. The quantitative estimate of drug-likeness (QED) is 0.568. The third-order valence-electron chi connectivity index (χ3n) is 3.43. The van der Waals surface area contributed by atoms with E-state index >= 15 is 0 Å². The fraction of sp³-hybridized carbons (Fsp3) is 0. The predicted octanol–water partition coefficient (Wildman–Crippen LogP) is 2.51. The van der Waals surface area contributed by atoms with Crippen LogP contribution in [0.1, 0.15) is 5.56 Å². The van der Waals surface area contributed by atoms with E-state index in [4.69, 9.17) is 22.5 Å². The van der Waals surface area contributed by atoms with E-state index in [0.717, 1.165) is 16.7 Å². The van der Waals surface area contributed by atoms with Crippen LogP contribution in [-0.4, -0.2) is 0 Å². The van der Waals surface area contributed by atoms with Crippen LogP contribution in [0.4, 0.5) is 17.1 Å². The van der Waals surface area contributed by atoms with Crippen LogP contribution in [0.5, 0.6) is 0 Å². The lowest BCUT2D eigenvalue weighted by Gasteiger charge is -2.07. The van der Waals surface area contributed by atoms with Crippen molar-refractivity contribution in [2.75, 3.05) is 17.2 Å². The summed E-state index contributed by atoms with van der Waals surface area (Å²) < 4.78 is 0. The first-order chi connectivity index (χ1) is 9.15. The van der Waals surface area contributed by atoms with Crippen molar-refractivity contribution in [3.63, 3.8) is 0 Å². The van der Waals surface area contributed by atoms with Crippen LogP contribution in [0.25, 0.3) is 22.3 Å². The van der Waals surface area contributed by atoms with Gasteiger partial charge in [-0.25, -0.2) is 0 Å². The van der Waals surface area contributed by atoms with E-state index in [1.807, 2.05) is 42.5 Å². The minimum atomic E-state index is 0.299. The van der Waals surface area contributed by atoms with Gasteiger partial charge in [-0.15, -0.1) is 0 Å². The van der Waals surface area contributed by atoms with E-state index in [-0.39, 0.29) is 0 Å². The molecule has 6 N–H and O–H groups in total. The first-order valence-corrected chi connectivity index (χ1v) is 5.83. The zero-order valence-corrected chi connectivity index (χ0v) is 10.1. The number of nitrogen functional groups attached to an aromatic ring is 3.